The molecule has 0 aromatic heterocycles. The monoisotopic (exact) mass is 488 g/mol. The van der Waals surface area contributed by atoms with Gasteiger partial charge in [0.15, 0.2) is 11.4 Å². The van der Waals surface area contributed by atoms with Gasteiger partial charge >= 0.3 is 0 Å². The summed E-state index contributed by atoms with van der Waals surface area (Å²) >= 11 is 0. The first-order valence-electron chi connectivity index (χ1n) is 13.4. The van der Waals surface area contributed by atoms with Crippen molar-refractivity contribution in [2.45, 2.75) is 63.4 Å². The van der Waals surface area contributed by atoms with E-state index in [4.69, 9.17) is 5.73 Å². The average molecular weight is 489 g/mol. The average Bonchev–Trinajstić information content (AvgIpc) is 3.19. The lowest BCUT2D eigenvalue weighted by Gasteiger charge is -2.61. The quantitative estimate of drug-likeness (QED) is 0.173. The maximum Gasteiger partial charge on any atom is 0.293 e. The molecule has 6 N–H and O–H groups in total. The molecule has 3 bridgehead atoms. The summed E-state index contributed by atoms with van der Waals surface area (Å²) in [6, 6.07) is 0. The maximum atomic E-state index is 13.4. The number of carboxylic acid groups (broad SMARTS) is 1. The largest absolute Gasteiger partial charge is 0.545 e. The number of likely N-dealkylation sites (tertiary alicyclic amines) is 1. The van der Waals surface area contributed by atoms with E-state index >= 15 is 0 Å². The Morgan fingerprint density at radius 3 is 2.74 bits per heavy atom. The van der Waals surface area contributed by atoms with E-state index in [1.54, 1.807) is 7.05 Å². The fourth-order valence-electron chi connectivity index (χ4n) is 9.38. The van der Waals surface area contributed by atoms with Gasteiger partial charge in [-0.15, -0.1) is 0 Å². The van der Waals surface area contributed by atoms with Crippen LogP contribution in [0.2, 0.25) is 0 Å². The van der Waals surface area contributed by atoms with Crippen molar-refractivity contribution in [1.82, 2.24) is 5.32 Å². The number of hydrogen-bond acceptors (Lipinski definition) is 7. The number of nitrogens with zero attached hydrogens (tertiary/aromatic N) is 1. The van der Waals surface area contributed by atoms with Crippen molar-refractivity contribution in [3.8, 4) is 0 Å². The highest BCUT2D eigenvalue weighted by atomic mass is 16.4. The predicted molar refractivity (Wildman–Crippen MR) is 127 cm³/mol. The Morgan fingerprint density at radius 2 is 2.03 bits per heavy atom. The van der Waals surface area contributed by atoms with Crippen LogP contribution in [-0.2, 0) is 9.59 Å². The van der Waals surface area contributed by atoms with Gasteiger partial charge in [-0.05, 0) is 62.8 Å². The summed E-state index contributed by atoms with van der Waals surface area (Å²) in [6.07, 6.45) is 6.36. The lowest BCUT2D eigenvalue weighted by Crippen LogP contribution is -3.19. The molecule has 0 aromatic carbocycles. The Hall–Kier alpha value is -1.81. The first-order chi connectivity index (χ1) is 16.8. The van der Waals surface area contributed by atoms with Gasteiger partial charge in [0.05, 0.1) is 25.7 Å². The number of nitrogens with two attached hydrogens (primary N) is 1. The molecule has 2 spiro atoms. The maximum absolute atomic E-state index is 13.4. The van der Waals surface area contributed by atoms with Gasteiger partial charge < -0.3 is 31.2 Å². The molecule has 5 aliphatic rings. The van der Waals surface area contributed by atoms with E-state index in [1.165, 1.54) is 0 Å². The Bertz CT molecular complexity index is 965. The van der Waals surface area contributed by atoms with Crippen molar-refractivity contribution in [3.05, 3.63) is 11.1 Å². The van der Waals surface area contributed by atoms with E-state index in [2.05, 4.69) is 10.3 Å². The number of aliphatic hydroxyl groups is 2. The van der Waals surface area contributed by atoms with Crippen molar-refractivity contribution in [2.75, 3.05) is 39.8 Å². The summed E-state index contributed by atoms with van der Waals surface area (Å²) in [5.74, 6) is -0.512. The number of hydrogen-bond donors (Lipinski definition) is 5. The third-order valence-electron chi connectivity index (χ3n) is 10.5. The molecule has 9 heteroatoms. The van der Waals surface area contributed by atoms with Crippen molar-refractivity contribution >= 4 is 17.7 Å². The summed E-state index contributed by atoms with van der Waals surface area (Å²) in [5.41, 5.74) is 4.20. The zero-order chi connectivity index (χ0) is 25.0. The molecule has 1 unspecified atom stereocenters. The molecule has 0 radical (unpaired) electrons. The van der Waals surface area contributed by atoms with Crippen LogP contribution in [0.4, 0.5) is 0 Å². The van der Waals surface area contributed by atoms with Crippen LogP contribution in [0.5, 0.6) is 0 Å². The van der Waals surface area contributed by atoms with E-state index in [0.717, 1.165) is 55.7 Å². The molecule has 7 atom stereocenters. The Balaban J connectivity index is 1.73. The number of piperidine rings is 1. The normalized spacial score (nSPS) is 43.3. The highest BCUT2D eigenvalue weighted by molar-refractivity contribution is 6.03. The Morgan fingerprint density at radius 1 is 1.26 bits per heavy atom. The second-order valence-corrected chi connectivity index (χ2v) is 11.6. The fraction of sp³-hybridized carbons (Fsp3) is 0.808. The van der Waals surface area contributed by atoms with Gasteiger partial charge in [0.25, 0.3) is 5.96 Å². The van der Waals surface area contributed by atoms with Crippen LogP contribution in [0.3, 0.4) is 0 Å². The number of allylic oxidation sites excluding steroid dienone is 1. The summed E-state index contributed by atoms with van der Waals surface area (Å²) < 4.78 is 0. The number of aliphatic hydroxyl groups excluding tert-OH is 1. The number of carboxylic acids is 1. The van der Waals surface area contributed by atoms with Crippen LogP contribution in [0.1, 0.15) is 57.8 Å². The van der Waals surface area contributed by atoms with Crippen molar-refractivity contribution in [2.24, 2.45) is 39.3 Å². The standard InChI is InChI=1S/C26H40N4O5/c1-28-23(27)30-10-8-18(13-29-9-11-31)25(15-30)17-7-6-16-4-2-3-5-20(32)26(35)14-24(16,25)19(12-17)21(26)22(33)34/h16-18,29,31,35H,2-15H2,1H3,(H2,27,28)(H,33,34)/t16-,17-,18+,24+,25-,26-/m1/s1. The van der Waals surface area contributed by atoms with Gasteiger partial charge in [-0.1, -0.05) is 12.0 Å². The zero-order valence-electron chi connectivity index (χ0n) is 20.8. The van der Waals surface area contributed by atoms with Gasteiger partial charge in [-0.2, -0.15) is 0 Å². The summed E-state index contributed by atoms with van der Waals surface area (Å²) in [4.78, 5) is 31.4. The van der Waals surface area contributed by atoms with E-state index in [-0.39, 0.29) is 54.0 Å². The molecule has 4 aliphatic carbocycles. The third-order valence-corrected chi connectivity index (χ3v) is 10.5. The van der Waals surface area contributed by atoms with Crippen molar-refractivity contribution < 1.29 is 29.8 Å². The van der Waals surface area contributed by atoms with E-state index < -0.39 is 17.0 Å². The number of quaternary nitrogens is 1. The number of guanidine groups is 1. The lowest BCUT2D eigenvalue weighted by molar-refractivity contribution is -0.828. The van der Waals surface area contributed by atoms with Gasteiger partial charge in [-0.3, -0.25) is 9.69 Å². The fourth-order valence-corrected chi connectivity index (χ4v) is 9.38. The first kappa shape index (κ1) is 24.9. The van der Waals surface area contributed by atoms with Gasteiger partial charge in [-0.25, -0.2) is 4.99 Å². The highest BCUT2D eigenvalue weighted by Gasteiger charge is 2.77. The third kappa shape index (κ3) is 3.31. The minimum atomic E-state index is -1.98. The summed E-state index contributed by atoms with van der Waals surface area (Å²) in [6.45, 7) is 2.81. The van der Waals surface area contributed by atoms with E-state index in [9.17, 15) is 24.9 Å². The van der Waals surface area contributed by atoms with Crippen LogP contribution in [0.15, 0.2) is 16.1 Å². The molecule has 9 nitrogen and oxygen atoms in total. The Kier molecular flexibility index (Phi) is 6.35. The van der Waals surface area contributed by atoms with Gasteiger partial charge in [0.1, 0.15) is 0 Å². The number of fused-ring (bicyclic) bond motifs is 1. The number of ketones is 1. The molecule has 35 heavy (non-hydrogen) atoms. The number of aliphatic carboxylic acids is 1. The highest BCUT2D eigenvalue weighted by Crippen LogP contribution is 2.77. The molecule has 1 saturated heterocycles. The predicted octanol–water partition coefficient (Wildman–Crippen LogP) is -1.86. The molecule has 4 fully saturated rings. The van der Waals surface area contributed by atoms with Gasteiger partial charge in [0, 0.05) is 42.8 Å². The molecular weight excluding hydrogens is 448 g/mol. The second-order valence-electron chi connectivity index (χ2n) is 11.6. The summed E-state index contributed by atoms with van der Waals surface area (Å²) in [5, 5.41) is 37.3. The van der Waals surface area contributed by atoms with Crippen LogP contribution in [-0.4, -0.2) is 73.4 Å². The SMILES string of the molecule is CN=C(N)[NH+]1CC[C@@H](CNCCO)[C@@]2(C1)[C@@H]1CC[C@H]3CCCCC(=O)[C@]4(O)C[C@@]32C(=C4C(=O)[O-])C1. The molecule has 1 heterocycles. The number of carbonyl (C=O) groups is 2. The molecular formula is C26H40N4O5. The molecule has 3 saturated carbocycles. The second kappa shape index (κ2) is 8.94. The molecule has 0 aromatic rings. The minimum absolute atomic E-state index is 0.0535. The lowest BCUT2D eigenvalue weighted by atomic mass is 9.44. The Labute approximate surface area is 206 Å². The number of rotatable bonds is 5. The molecule has 0 amide bonds. The van der Waals surface area contributed by atoms with Crippen molar-refractivity contribution in [1.29, 1.82) is 0 Å². The smallest absolute Gasteiger partial charge is 0.293 e. The molecule has 5 rings (SSSR count). The molecule has 1 aliphatic heterocycles. The van der Waals surface area contributed by atoms with Crippen LogP contribution in [0, 0.1) is 28.6 Å². The number of Topliss-reactive ketones (excluding diaryl/α,β-unsaturated/α-hetero) is 1. The molecule has 194 valence electrons. The van der Waals surface area contributed by atoms with Crippen LogP contribution < -0.4 is 21.1 Å². The topological polar surface area (TPSA) is 153 Å². The first-order valence-corrected chi connectivity index (χ1v) is 13.4. The van der Waals surface area contributed by atoms with E-state index in [1.807, 2.05) is 0 Å². The van der Waals surface area contributed by atoms with Gasteiger partial charge in [0.2, 0.25) is 0 Å². The number of aliphatic imine (C=N–C) groups is 1. The van der Waals surface area contributed by atoms with Crippen LogP contribution >= 0.6 is 0 Å². The number of carbonyl (C=O) groups excluding carboxylic acids is 2. The zero-order valence-corrected chi connectivity index (χ0v) is 20.8. The summed E-state index contributed by atoms with van der Waals surface area (Å²) in [7, 11) is 1.70. The number of nitrogens with one attached hydrogen (secondary N) is 2. The van der Waals surface area contributed by atoms with E-state index in [0.29, 0.717) is 31.9 Å². The van der Waals surface area contributed by atoms with Crippen LogP contribution in [0.25, 0.3) is 0 Å². The van der Waals surface area contributed by atoms with Crippen molar-refractivity contribution in [3.63, 3.8) is 0 Å². The minimum Gasteiger partial charge on any atom is -0.545 e.